The average molecular weight is 536 g/mol. The Morgan fingerprint density at radius 2 is 1.66 bits per heavy atom. The smallest absolute Gasteiger partial charge is 0.338 e. The maximum atomic E-state index is 12.1. The number of fused-ring (bicyclic) bond motifs is 2. The summed E-state index contributed by atoms with van der Waals surface area (Å²) >= 11 is 6.58. The van der Waals surface area contributed by atoms with Crippen molar-refractivity contribution in [1.82, 2.24) is 15.0 Å². The van der Waals surface area contributed by atoms with E-state index in [1.165, 1.54) is 0 Å². The van der Waals surface area contributed by atoms with E-state index < -0.39 is 6.10 Å². The van der Waals surface area contributed by atoms with Crippen molar-refractivity contribution in [2.24, 2.45) is 0 Å². The Labute approximate surface area is 223 Å². The highest BCUT2D eigenvalue weighted by atomic mass is 35.5. The number of aliphatic hydroxyl groups excluding tert-OH is 1. The molecule has 4 atom stereocenters. The molecule has 196 valence electrons. The van der Waals surface area contributed by atoms with Gasteiger partial charge in [-0.15, -0.1) is 0 Å². The SMILES string of the molecule is CC(C)OC(=O)c1ccc(-c2ccc(-c3nc4nc(O[C@@H]5CO[C@H]6[C@@H]5OC[C@H]6O)[nH]c4cc3Cl)cc2)cc1. The Bertz CT molecular complexity index is 1470. The van der Waals surface area contributed by atoms with Crippen LogP contribution in [0.1, 0.15) is 24.2 Å². The number of carbonyl (C=O) groups excluding carboxylic acids is 1. The molecular weight excluding hydrogens is 510 g/mol. The van der Waals surface area contributed by atoms with Gasteiger partial charge in [-0.05, 0) is 43.2 Å². The van der Waals surface area contributed by atoms with Crippen molar-refractivity contribution < 1.29 is 28.8 Å². The Kier molecular flexibility index (Phi) is 6.53. The number of imidazole rings is 1. The zero-order valence-electron chi connectivity index (χ0n) is 20.8. The molecule has 10 heteroatoms. The molecule has 4 aromatic rings. The minimum absolute atomic E-state index is 0.166. The number of aliphatic hydroxyl groups is 1. The summed E-state index contributed by atoms with van der Waals surface area (Å²) in [4.78, 5) is 24.3. The minimum Gasteiger partial charge on any atom is -0.459 e. The Balaban J connectivity index is 1.19. The Morgan fingerprint density at radius 3 is 2.37 bits per heavy atom. The zero-order chi connectivity index (χ0) is 26.4. The molecule has 38 heavy (non-hydrogen) atoms. The van der Waals surface area contributed by atoms with Gasteiger partial charge in [0.15, 0.2) is 11.8 Å². The first kappa shape index (κ1) is 24.8. The fraction of sp³-hybridized carbons (Fsp3) is 0.321. The van der Waals surface area contributed by atoms with Gasteiger partial charge in [0, 0.05) is 5.56 Å². The largest absolute Gasteiger partial charge is 0.459 e. The second-order valence-corrected chi connectivity index (χ2v) is 10.1. The van der Waals surface area contributed by atoms with Gasteiger partial charge in [-0.2, -0.15) is 4.98 Å². The monoisotopic (exact) mass is 535 g/mol. The molecule has 0 bridgehead atoms. The highest BCUT2D eigenvalue weighted by Crippen LogP contribution is 2.33. The van der Waals surface area contributed by atoms with E-state index in [0.29, 0.717) is 34.1 Å². The highest BCUT2D eigenvalue weighted by Gasteiger charge is 2.48. The van der Waals surface area contributed by atoms with Crippen molar-refractivity contribution in [1.29, 1.82) is 0 Å². The van der Waals surface area contributed by atoms with Gasteiger partial charge < -0.3 is 29.0 Å². The summed E-state index contributed by atoms with van der Waals surface area (Å²) in [6.07, 6.45) is -1.91. The fourth-order valence-electron chi connectivity index (χ4n) is 4.74. The van der Waals surface area contributed by atoms with Crippen molar-refractivity contribution in [2.45, 2.75) is 44.4 Å². The number of pyridine rings is 1. The van der Waals surface area contributed by atoms with Crippen LogP contribution in [0.15, 0.2) is 54.6 Å². The van der Waals surface area contributed by atoms with Crippen molar-refractivity contribution in [3.05, 3.63) is 65.2 Å². The number of halogens is 1. The summed E-state index contributed by atoms with van der Waals surface area (Å²) in [7, 11) is 0. The van der Waals surface area contributed by atoms with E-state index in [9.17, 15) is 9.90 Å². The third kappa shape index (κ3) is 4.74. The van der Waals surface area contributed by atoms with E-state index in [1.807, 2.05) is 50.2 Å². The molecule has 0 aliphatic carbocycles. The van der Waals surface area contributed by atoms with Gasteiger partial charge in [0.05, 0.1) is 41.1 Å². The Hall–Kier alpha value is -3.50. The lowest BCUT2D eigenvalue weighted by Gasteiger charge is -2.15. The molecule has 9 nitrogen and oxygen atoms in total. The normalized spacial score (nSPS) is 22.7. The number of ether oxygens (including phenoxy) is 4. The molecule has 0 radical (unpaired) electrons. The summed E-state index contributed by atoms with van der Waals surface area (Å²) in [5.41, 5.74) is 5.02. The number of aromatic amines is 1. The summed E-state index contributed by atoms with van der Waals surface area (Å²) in [6.45, 7) is 4.18. The first-order valence-electron chi connectivity index (χ1n) is 12.4. The summed E-state index contributed by atoms with van der Waals surface area (Å²) in [5.74, 6) is -0.337. The lowest BCUT2D eigenvalue weighted by atomic mass is 10.0. The molecule has 6 rings (SSSR count). The summed E-state index contributed by atoms with van der Waals surface area (Å²) in [5, 5.41) is 10.4. The van der Waals surface area contributed by atoms with Gasteiger partial charge in [-0.1, -0.05) is 48.0 Å². The molecular formula is C28H26ClN3O6. The molecule has 2 aliphatic heterocycles. The van der Waals surface area contributed by atoms with Gasteiger partial charge >= 0.3 is 5.97 Å². The van der Waals surface area contributed by atoms with E-state index in [2.05, 4.69) is 15.0 Å². The molecule has 0 saturated carbocycles. The number of esters is 1. The topological polar surface area (TPSA) is 116 Å². The average Bonchev–Trinajstić information content (AvgIpc) is 3.60. The molecule has 2 saturated heterocycles. The van der Waals surface area contributed by atoms with Crippen LogP contribution in [0.5, 0.6) is 6.01 Å². The second-order valence-electron chi connectivity index (χ2n) is 9.66. The van der Waals surface area contributed by atoms with Crippen molar-refractivity contribution in [3.63, 3.8) is 0 Å². The predicted octanol–water partition coefficient (Wildman–Crippen LogP) is 4.42. The van der Waals surface area contributed by atoms with Crippen LogP contribution in [0.2, 0.25) is 5.02 Å². The first-order chi connectivity index (χ1) is 18.4. The standard InChI is InChI=1S/C28H26ClN3O6/c1-14(2)37-27(34)18-9-5-16(6-10-18)15-3-7-17(8-4-15)23-19(29)11-20-26(31-23)32-28(30-20)38-22-13-36-24-21(33)12-35-25(22)24/h3-11,14,21-22,24-25,33H,12-13H2,1-2H3,(H,30,31,32)/t21-,22-,24-,25-/m1/s1. The third-order valence-corrected chi connectivity index (χ3v) is 6.89. The molecule has 2 aliphatic rings. The van der Waals surface area contributed by atoms with Gasteiger partial charge in [0.25, 0.3) is 6.01 Å². The lowest BCUT2D eigenvalue weighted by Crippen LogP contribution is -2.34. The molecule has 0 unspecified atom stereocenters. The van der Waals surface area contributed by atoms with Crippen molar-refractivity contribution >= 4 is 28.7 Å². The van der Waals surface area contributed by atoms with E-state index in [-0.39, 0.29) is 43.0 Å². The number of hydrogen-bond acceptors (Lipinski definition) is 8. The number of hydrogen-bond donors (Lipinski definition) is 2. The Morgan fingerprint density at radius 1 is 1.00 bits per heavy atom. The van der Waals surface area contributed by atoms with Crippen LogP contribution < -0.4 is 4.74 Å². The fourth-order valence-corrected chi connectivity index (χ4v) is 5.00. The van der Waals surface area contributed by atoms with Crippen LogP contribution in [0.25, 0.3) is 33.5 Å². The maximum absolute atomic E-state index is 12.1. The van der Waals surface area contributed by atoms with Crippen LogP contribution in [0.4, 0.5) is 0 Å². The van der Waals surface area contributed by atoms with Crippen LogP contribution >= 0.6 is 11.6 Å². The molecule has 2 N–H and O–H groups in total. The van der Waals surface area contributed by atoms with Crippen LogP contribution in [-0.4, -0.2) is 69.8 Å². The van der Waals surface area contributed by atoms with Gasteiger partial charge in [0.2, 0.25) is 0 Å². The van der Waals surface area contributed by atoms with Crippen molar-refractivity contribution in [3.8, 4) is 28.4 Å². The molecule has 4 heterocycles. The quantitative estimate of drug-likeness (QED) is 0.349. The third-order valence-electron chi connectivity index (χ3n) is 6.60. The first-order valence-corrected chi connectivity index (χ1v) is 12.8. The number of nitrogens with one attached hydrogen (secondary N) is 1. The van der Waals surface area contributed by atoms with Crippen LogP contribution in [-0.2, 0) is 14.2 Å². The predicted molar refractivity (Wildman–Crippen MR) is 140 cm³/mol. The summed E-state index contributed by atoms with van der Waals surface area (Å²) < 4.78 is 22.5. The second kappa shape index (κ2) is 9.99. The zero-order valence-corrected chi connectivity index (χ0v) is 21.5. The number of rotatable bonds is 6. The number of aromatic nitrogens is 3. The van der Waals surface area contributed by atoms with Gasteiger partial charge in [0.1, 0.15) is 18.3 Å². The molecule has 0 amide bonds. The number of nitrogens with zero attached hydrogens (tertiary/aromatic N) is 2. The van der Waals surface area contributed by atoms with Gasteiger partial charge in [-0.3, -0.25) is 0 Å². The summed E-state index contributed by atoms with van der Waals surface area (Å²) in [6, 6.07) is 17.2. The number of benzene rings is 2. The van der Waals surface area contributed by atoms with E-state index in [0.717, 1.165) is 16.7 Å². The van der Waals surface area contributed by atoms with Crippen LogP contribution in [0, 0.1) is 0 Å². The molecule has 0 spiro atoms. The van der Waals surface area contributed by atoms with E-state index in [1.54, 1.807) is 18.2 Å². The van der Waals surface area contributed by atoms with Gasteiger partial charge in [-0.25, -0.2) is 9.78 Å². The minimum atomic E-state index is -0.647. The van der Waals surface area contributed by atoms with E-state index >= 15 is 0 Å². The maximum Gasteiger partial charge on any atom is 0.338 e. The van der Waals surface area contributed by atoms with Crippen LogP contribution in [0.3, 0.4) is 0 Å². The van der Waals surface area contributed by atoms with Crippen molar-refractivity contribution in [2.75, 3.05) is 13.2 Å². The molecule has 2 aromatic heterocycles. The molecule has 2 fully saturated rings. The molecule has 2 aromatic carbocycles. The number of H-pyrrole nitrogens is 1. The number of carbonyl (C=O) groups is 1. The highest BCUT2D eigenvalue weighted by molar-refractivity contribution is 6.33. The van der Waals surface area contributed by atoms with E-state index in [4.69, 9.17) is 30.5 Å². The lowest BCUT2D eigenvalue weighted by molar-refractivity contribution is 0.00706.